The number of nitrogens with zero attached hydrogens (tertiary/aromatic N) is 2. The standard InChI is InChI=1S/2C11H14O.C10H13NO.C10H12O2.C9H9NO3.C9H11NO.C9H10O3.C8H7NO4.8CH4/c2*1-7-5-8(2)9(3)11(6-7)10(4)12;1-6-4-7(2)10(11)9(5-6)8(3)12;1-6-4-7(2)8(3)9(5-6)10(11)12;1-6-4-3-5-8(7(2)11)9(6)10(12)13;1-6-4-3-5-8(7(2)11)9(6)10;1-5-3-7(9(11)12)6(2)8(10)4-5;1-5-3-2-4-6(8(10)11)7(5)9(12)13;;;;;;;;/h2*5-6H,1-4H3;4-5H,11H2,1-3H3;4-5H,1-3H3,(H,11,12);3-5H,1-2H3;3-5H,10H2,1-2H3;3-4,10H,1-2H3,(H,11,12);2-4H,1H3,(H,10,11);8*1H4. The van der Waals surface area contributed by atoms with E-state index in [2.05, 4.69) is 12.1 Å². The maximum absolute atomic E-state index is 11.2. The van der Waals surface area contributed by atoms with Crippen LogP contribution in [0.4, 0.5) is 22.7 Å². The largest absolute Gasteiger partial charge is 0.508 e. The molecule has 0 unspecified atom stereocenters. The van der Waals surface area contributed by atoms with Crippen molar-refractivity contribution in [2.24, 2.45) is 0 Å². The summed E-state index contributed by atoms with van der Waals surface area (Å²) in [5, 5.41) is 56.5. The van der Waals surface area contributed by atoms with Crippen LogP contribution in [0.25, 0.3) is 0 Å². The summed E-state index contributed by atoms with van der Waals surface area (Å²) in [6.45, 7) is 37.5. The lowest BCUT2D eigenvalue weighted by Crippen LogP contribution is -2.03. The van der Waals surface area contributed by atoms with Gasteiger partial charge in [0.2, 0.25) is 0 Å². The zero-order valence-electron chi connectivity index (χ0n) is 59.2. The van der Waals surface area contributed by atoms with E-state index >= 15 is 0 Å². The second-order valence-electron chi connectivity index (χ2n) is 23.5. The predicted molar refractivity (Wildman–Crippen MR) is 436 cm³/mol. The number of hydrogen-bond donors (Lipinski definition) is 6. The Morgan fingerprint density at radius 3 is 0.819 bits per heavy atom. The van der Waals surface area contributed by atoms with Gasteiger partial charge in [-0.05, 0) is 261 Å². The van der Waals surface area contributed by atoms with E-state index in [1.54, 1.807) is 65.0 Å². The van der Waals surface area contributed by atoms with E-state index < -0.39 is 27.8 Å². The Labute approximate surface area is 626 Å². The lowest BCUT2D eigenvalue weighted by Gasteiger charge is -2.06. The van der Waals surface area contributed by atoms with Gasteiger partial charge in [-0.1, -0.05) is 131 Å². The van der Waals surface area contributed by atoms with Crippen LogP contribution in [-0.4, -0.2) is 77.1 Å². The van der Waals surface area contributed by atoms with Gasteiger partial charge in [-0.2, -0.15) is 0 Å². The van der Waals surface area contributed by atoms with Crippen molar-refractivity contribution in [1.29, 1.82) is 0 Å². The van der Waals surface area contributed by atoms with Crippen LogP contribution in [0.15, 0.2) is 115 Å². The summed E-state index contributed by atoms with van der Waals surface area (Å²) >= 11 is 0. The highest BCUT2D eigenvalue weighted by atomic mass is 16.6. The number of aromatic hydroxyl groups is 1. The molecule has 20 nitrogen and oxygen atoms in total. The number of para-hydroxylation sites is 3. The number of nitro groups is 2. The third-order valence-electron chi connectivity index (χ3n) is 15.2. The number of rotatable bonds is 10. The van der Waals surface area contributed by atoms with Crippen molar-refractivity contribution in [3.63, 3.8) is 0 Å². The van der Waals surface area contributed by atoms with Gasteiger partial charge in [0.05, 0.1) is 26.5 Å². The maximum Gasteiger partial charge on any atom is 0.342 e. The van der Waals surface area contributed by atoms with E-state index in [0.29, 0.717) is 44.8 Å². The number of aromatic carboxylic acids is 3. The fourth-order valence-electron chi connectivity index (χ4n) is 9.65. The normalized spacial score (nSPS) is 9.08. The molecule has 0 aliphatic heterocycles. The fourth-order valence-corrected chi connectivity index (χ4v) is 9.65. The minimum atomic E-state index is -1.28. The van der Waals surface area contributed by atoms with Crippen LogP contribution in [0.3, 0.4) is 0 Å². The number of carboxylic acid groups (broad SMARTS) is 3. The van der Waals surface area contributed by atoms with Crippen LogP contribution in [0.2, 0.25) is 0 Å². The van der Waals surface area contributed by atoms with Gasteiger partial charge >= 0.3 is 17.9 Å². The highest BCUT2D eigenvalue weighted by Gasteiger charge is 2.22. The number of phenolic OH excluding ortho intramolecular Hbond substituents is 1. The molecule has 0 spiro atoms. The van der Waals surface area contributed by atoms with Crippen LogP contribution in [0.1, 0.15) is 266 Å². The van der Waals surface area contributed by atoms with Crippen LogP contribution in [0, 0.1) is 131 Å². The number of benzene rings is 8. The first-order valence-corrected chi connectivity index (χ1v) is 30.3. The Kier molecular flexibility index (Phi) is 52.4. The summed E-state index contributed by atoms with van der Waals surface area (Å²) in [5.74, 6) is -3.03. The molecule has 0 saturated carbocycles. The molecule has 8 N–H and O–H groups in total. The van der Waals surface area contributed by atoms with E-state index in [4.69, 9.17) is 26.8 Å². The first kappa shape index (κ1) is 110. The lowest BCUT2D eigenvalue weighted by molar-refractivity contribution is -0.385. The molecule has 0 radical (unpaired) electrons. The molecule has 0 amide bonds. The lowest BCUT2D eigenvalue weighted by atomic mass is 9.98. The Hall–Kier alpha value is -11.3. The van der Waals surface area contributed by atoms with E-state index in [-0.39, 0.29) is 122 Å². The van der Waals surface area contributed by atoms with Crippen LogP contribution in [-0.2, 0) is 0 Å². The molecule has 578 valence electrons. The quantitative estimate of drug-likeness (QED) is 0.0320. The number of phenols is 1. The van der Waals surface area contributed by atoms with Gasteiger partial charge in [-0.3, -0.25) is 44.2 Å². The smallest absolute Gasteiger partial charge is 0.342 e. The van der Waals surface area contributed by atoms with Gasteiger partial charge in [0.1, 0.15) is 11.3 Å². The van der Waals surface area contributed by atoms with Crippen LogP contribution < -0.4 is 11.5 Å². The van der Waals surface area contributed by atoms with E-state index in [1.807, 2.05) is 126 Å². The zero-order chi connectivity index (χ0) is 75.0. The number of nitrogen functional groups attached to an aromatic ring is 2. The molecule has 0 saturated heterocycles. The highest BCUT2D eigenvalue weighted by Crippen LogP contribution is 2.26. The number of aryl methyl sites for hydroxylation is 12. The average molecular weight is 1460 g/mol. The molecule has 8 rings (SSSR count). The molecule has 8 aromatic carbocycles. The van der Waals surface area contributed by atoms with Crippen molar-refractivity contribution in [1.82, 2.24) is 0 Å². The van der Waals surface area contributed by atoms with Crippen LogP contribution in [0.5, 0.6) is 5.75 Å². The van der Waals surface area contributed by atoms with Gasteiger partial charge < -0.3 is 31.9 Å². The van der Waals surface area contributed by atoms with Gasteiger partial charge in [0.25, 0.3) is 11.4 Å². The van der Waals surface area contributed by atoms with E-state index in [9.17, 15) is 63.7 Å². The summed E-state index contributed by atoms with van der Waals surface area (Å²) in [6, 6.07) is 33.0. The van der Waals surface area contributed by atoms with Crippen molar-refractivity contribution >= 4 is 69.6 Å². The second kappa shape index (κ2) is 50.1. The zero-order valence-corrected chi connectivity index (χ0v) is 59.2. The molecule has 0 atom stereocenters. The molecule has 0 aromatic heterocycles. The van der Waals surface area contributed by atoms with Crippen molar-refractivity contribution in [2.45, 2.75) is 205 Å². The Balaban J connectivity index is -0.000000169. The van der Waals surface area contributed by atoms with E-state index in [1.165, 1.54) is 69.2 Å². The fraction of sp³-hybridized carbons (Fsp3) is 0.341. The molecule has 0 bridgehead atoms. The number of hydrogen-bond acceptors (Lipinski definition) is 15. The van der Waals surface area contributed by atoms with Gasteiger partial charge in [0.15, 0.2) is 28.9 Å². The number of ketones is 5. The summed E-state index contributed by atoms with van der Waals surface area (Å²) in [6.07, 6.45) is 0. The minimum absolute atomic E-state index is 0. The second-order valence-corrected chi connectivity index (χ2v) is 23.5. The number of carbonyl (C=O) groups is 8. The molecule has 20 heteroatoms. The number of carbonyl (C=O) groups excluding carboxylic acids is 5. The molecule has 0 aliphatic carbocycles. The number of anilines is 2. The number of nitrogens with two attached hydrogens (primary N) is 2. The van der Waals surface area contributed by atoms with Gasteiger partial charge in [-0.25, -0.2) is 14.4 Å². The summed E-state index contributed by atoms with van der Waals surface area (Å²) in [4.78, 5) is 107. The molecular formula is C85H122N4O16. The SMILES string of the molecule is C.C.C.C.C.C.C.C.CC(=O)c1cc(C)cc(C)c1C.CC(=O)c1cc(C)cc(C)c1C.CC(=O)c1cc(C)cc(C)c1N.CC(=O)c1cccc(C)c1N.CC(=O)c1cccc(C)c1[N+](=O)[O-].Cc1cc(C)c(C)c(C(=O)O)c1.Cc1cc(O)c(C)c(C(=O)O)c1.Cc1cccc(C(=O)O)c1[N+](=O)[O-]. The number of Topliss-reactive ketones (excluding diaryl/α,β-unsaturated/α-hetero) is 5. The molecule has 105 heavy (non-hydrogen) atoms. The monoisotopic (exact) mass is 1450 g/mol. The molecule has 0 fully saturated rings. The summed E-state index contributed by atoms with van der Waals surface area (Å²) in [5.41, 5.74) is 30.4. The molecule has 8 aromatic rings. The van der Waals surface area contributed by atoms with Crippen molar-refractivity contribution in [2.75, 3.05) is 11.5 Å². The Morgan fingerprint density at radius 2 is 0.533 bits per heavy atom. The highest BCUT2D eigenvalue weighted by molar-refractivity contribution is 6.01. The van der Waals surface area contributed by atoms with Crippen molar-refractivity contribution in [3.05, 3.63) is 269 Å². The van der Waals surface area contributed by atoms with E-state index in [0.717, 1.165) is 72.3 Å². The minimum Gasteiger partial charge on any atom is -0.508 e. The van der Waals surface area contributed by atoms with Crippen LogP contribution >= 0.6 is 0 Å². The molecular weight excluding hydrogens is 1330 g/mol. The van der Waals surface area contributed by atoms with Gasteiger partial charge in [-0.15, -0.1) is 0 Å². The third kappa shape index (κ3) is 33.6. The van der Waals surface area contributed by atoms with Crippen molar-refractivity contribution < 1.29 is 68.6 Å². The third-order valence-corrected chi connectivity index (χ3v) is 15.2. The number of nitro benzene ring substituents is 2. The molecule has 0 aliphatic rings. The Bertz CT molecular complexity index is 3850. The maximum atomic E-state index is 11.2. The average Bonchev–Trinajstić information content (AvgIpc) is 0.850. The first-order chi connectivity index (χ1) is 44.8. The Morgan fingerprint density at radius 1 is 0.295 bits per heavy atom. The van der Waals surface area contributed by atoms with Crippen molar-refractivity contribution in [3.8, 4) is 5.75 Å². The predicted octanol–water partition coefficient (Wildman–Crippen LogP) is 22.3. The number of carboxylic acids is 3. The van der Waals surface area contributed by atoms with Gasteiger partial charge in [0, 0.05) is 50.3 Å². The molecule has 0 heterocycles. The topological polar surface area (TPSA) is 356 Å². The summed E-state index contributed by atoms with van der Waals surface area (Å²) in [7, 11) is 0. The summed E-state index contributed by atoms with van der Waals surface area (Å²) < 4.78 is 0. The first-order valence-electron chi connectivity index (χ1n) is 30.3.